The quantitative estimate of drug-likeness (QED) is 0.0323. The normalized spacial score (nSPS) is 13.9. The third kappa shape index (κ3) is 42.0. The molecule has 0 aromatic rings. The summed E-state index contributed by atoms with van der Waals surface area (Å²) in [5.41, 5.74) is 0. The highest BCUT2D eigenvalue weighted by atomic mass is 16.5. The minimum Gasteiger partial charge on any atom is -0.462 e. The van der Waals surface area contributed by atoms with Crippen molar-refractivity contribution in [1.82, 2.24) is 5.32 Å². The Balaban J connectivity index is 4.62. The highest BCUT2D eigenvalue weighted by Gasteiger charge is 2.24. The Morgan fingerprint density at radius 2 is 0.900 bits per heavy atom. The molecule has 0 aromatic heterocycles. The van der Waals surface area contributed by atoms with Gasteiger partial charge in [0.2, 0.25) is 5.91 Å². The Morgan fingerprint density at radius 3 is 1.38 bits per heavy atom. The molecule has 0 aliphatic heterocycles. The number of nitrogens with one attached hydrogen (secondary N) is 1. The van der Waals surface area contributed by atoms with Crippen molar-refractivity contribution >= 4 is 11.9 Å². The van der Waals surface area contributed by atoms with Crippen molar-refractivity contribution in [3.8, 4) is 0 Å². The van der Waals surface area contributed by atoms with Crippen molar-refractivity contribution in [3.05, 3.63) is 72.9 Å². The van der Waals surface area contributed by atoms with Gasteiger partial charge in [-0.2, -0.15) is 0 Å². The summed E-state index contributed by atoms with van der Waals surface area (Å²) in [6.45, 7) is 6.24. The Hall–Kier alpha value is -2.70. The van der Waals surface area contributed by atoms with Crippen molar-refractivity contribution in [2.24, 2.45) is 0 Å². The van der Waals surface area contributed by atoms with Crippen LogP contribution in [0, 0.1) is 0 Å². The number of carbonyl (C=O) groups excluding carboxylic acids is 2. The Kier molecular flexibility index (Phi) is 45.2. The van der Waals surface area contributed by atoms with Crippen LogP contribution in [0.1, 0.15) is 233 Å². The first-order valence-electron chi connectivity index (χ1n) is 25.2. The number of hydrogen-bond donors (Lipinski definition) is 3. The molecule has 0 bridgehead atoms. The number of carbonyl (C=O) groups is 2. The number of aliphatic hydroxyl groups excluding tert-OH is 2. The smallest absolute Gasteiger partial charge is 0.306 e. The molecule has 3 N–H and O–H groups in total. The molecule has 0 saturated heterocycles. The second-order valence-electron chi connectivity index (χ2n) is 16.8. The van der Waals surface area contributed by atoms with Crippen LogP contribution in [0.5, 0.6) is 0 Å². The maximum atomic E-state index is 13.2. The number of amides is 1. The first-order valence-corrected chi connectivity index (χ1v) is 25.2. The zero-order valence-corrected chi connectivity index (χ0v) is 39.3. The van der Waals surface area contributed by atoms with Gasteiger partial charge in [0.05, 0.1) is 25.2 Å². The van der Waals surface area contributed by atoms with E-state index in [9.17, 15) is 19.8 Å². The van der Waals surface area contributed by atoms with Gasteiger partial charge in [-0.3, -0.25) is 9.59 Å². The number of unbranched alkanes of at least 4 members (excludes halogenated alkanes) is 20. The molecule has 346 valence electrons. The van der Waals surface area contributed by atoms with Crippen molar-refractivity contribution in [1.29, 1.82) is 0 Å². The van der Waals surface area contributed by atoms with E-state index in [0.717, 1.165) is 109 Å². The van der Waals surface area contributed by atoms with Crippen molar-refractivity contribution < 1.29 is 24.5 Å². The first-order chi connectivity index (χ1) is 29.5. The van der Waals surface area contributed by atoms with Gasteiger partial charge in [0, 0.05) is 6.42 Å². The topological polar surface area (TPSA) is 95.9 Å². The summed E-state index contributed by atoms with van der Waals surface area (Å²) < 4.78 is 5.89. The van der Waals surface area contributed by atoms with E-state index in [1.54, 1.807) is 0 Å². The minimum absolute atomic E-state index is 0.0397. The second kappa shape index (κ2) is 47.4. The maximum absolute atomic E-state index is 13.2. The fourth-order valence-electron chi connectivity index (χ4n) is 7.28. The van der Waals surface area contributed by atoms with Crippen LogP contribution < -0.4 is 5.32 Å². The first kappa shape index (κ1) is 57.3. The molecule has 0 heterocycles. The molecule has 0 aliphatic rings. The molecular weight excluding hydrogens is 743 g/mol. The molecule has 0 saturated carbocycles. The number of allylic oxidation sites excluding steroid dienone is 12. The molecule has 3 atom stereocenters. The molecule has 1 amide bonds. The molecule has 6 heteroatoms. The third-order valence-electron chi connectivity index (χ3n) is 11.0. The van der Waals surface area contributed by atoms with Gasteiger partial charge in [-0.15, -0.1) is 0 Å². The number of esters is 1. The van der Waals surface area contributed by atoms with Crippen LogP contribution in [0.3, 0.4) is 0 Å². The van der Waals surface area contributed by atoms with Gasteiger partial charge < -0.3 is 20.3 Å². The summed E-state index contributed by atoms with van der Waals surface area (Å²) in [5.74, 6) is -0.541. The van der Waals surface area contributed by atoms with Gasteiger partial charge in [0.1, 0.15) is 6.10 Å². The van der Waals surface area contributed by atoms with Crippen molar-refractivity contribution in [2.75, 3.05) is 6.61 Å². The van der Waals surface area contributed by atoms with Crippen LogP contribution in [0.25, 0.3) is 0 Å². The summed E-state index contributed by atoms with van der Waals surface area (Å²) >= 11 is 0. The lowest BCUT2D eigenvalue weighted by Gasteiger charge is -2.24. The highest BCUT2D eigenvalue weighted by Crippen LogP contribution is 2.17. The summed E-state index contributed by atoms with van der Waals surface area (Å²) in [4.78, 5) is 26.1. The van der Waals surface area contributed by atoms with Gasteiger partial charge >= 0.3 is 5.97 Å². The van der Waals surface area contributed by atoms with Crippen LogP contribution in [-0.2, 0) is 14.3 Å². The van der Waals surface area contributed by atoms with E-state index in [-0.39, 0.29) is 24.9 Å². The van der Waals surface area contributed by atoms with Crippen LogP contribution in [0.4, 0.5) is 0 Å². The maximum Gasteiger partial charge on any atom is 0.306 e. The van der Waals surface area contributed by atoms with Crippen LogP contribution in [0.2, 0.25) is 0 Å². The fraction of sp³-hybridized carbons (Fsp3) is 0.741. The highest BCUT2D eigenvalue weighted by molar-refractivity contribution is 5.77. The monoisotopic (exact) mass is 838 g/mol. The van der Waals surface area contributed by atoms with Crippen molar-refractivity contribution in [2.45, 2.75) is 251 Å². The van der Waals surface area contributed by atoms with E-state index < -0.39 is 18.2 Å². The lowest BCUT2D eigenvalue weighted by Crippen LogP contribution is -2.46. The van der Waals surface area contributed by atoms with Gasteiger partial charge in [0.25, 0.3) is 0 Å². The average Bonchev–Trinajstić information content (AvgIpc) is 3.24. The minimum atomic E-state index is -0.804. The molecule has 0 aliphatic carbocycles. The van der Waals surface area contributed by atoms with Crippen LogP contribution in [0.15, 0.2) is 72.9 Å². The van der Waals surface area contributed by atoms with E-state index in [1.807, 2.05) is 0 Å². The zero-order chi connectivity index (χ0) is 43.8. The van der Waals surface area contributed by atoms with E-state index >= 15 is 0 Å². The number of hydrogen-bond acceptors (Lipinski definition) is 5. The van der Waals surface area contributed by atoms with Crippen molar-refractivity contribution in [3.63, 3.8) is 0 Å². The van der Waals surface area contributed by atoms with Gasteiger partial charge in [0.15, 0.2) is 0 Å². The molecule has 0 fully saturated rings. The Morgan fingerprint density at radius 1 is 0.500 bits per heavy atom. The summed E-state index contributed by atoms with van der Waals surface area (Å²) in [6.07, 6.45) is 59.6. The van der Waals surface area contributed by atoms with E-state index in [0.29, 0.717) is 19.3 Å². The summed E-state index contributed by atoms with van der Waals surface area (Å²) in [5, 5.41) is 23.7. The SMILES string of the molecule is CC/C=C/C/C=C/C/C=C/CCCCCCC(=O)OC(CCCC/C=C/C/C=C/C/C=C/CC)CC(=O)NC(CO)C(O)CCCCCCCCCCCCCCCCC. The standard InChI is InChI=1S/C54H95NO5/c1-4-7-10-13-16-19-22-25-27-28-31-34-37-40-43-46-52(57)51(49-56)55-53(58)48-50(45-42-39-36-33-30-24-21-18-15-12-9-6-3)60-54(59)47-44-41-38-35-32-29-26-23-20-17-14-11-8-5-2/h8-9,11-12,17-18,20-21,26,29-30,33,50-52,56-57H,4-7,10,13-16,19,22-25,27-28,31-32,34-49H2,1-3H3,(H,55,58)/b11-8+,12-9+,20-17+,21-18+,29-26+,33-30+. The predicted octanol–water partition coefficient (Wildman–Crippen LogP) is 15.0. The lowest BCUT2D eigenvalue weighted by molar-refractivity contribution is -0.151. The number of aliphatic hydroxyl groups is 2. The summed E-state index contributed by atoms with van der Waals surface area (Å²) in [7, 11) is 0. The van der Waals surface area contributed by atoms with E-state index in [4.69, 9.17) is 4.74 Å². The summed E-state index contributed by atoms with van der Waals surface area (Å²) in [6, 6.07) is -0.721. The van der Waals surface area contributed by atoms with E-state index in [2.05, 4.69) is 99.0 Å². The third-order valence-corrected chi connectivity index (χ3v) is 11.0. The van der Waals surface area contributed by atoms with Crippen LogP contribution >= 0.6 is 0 Å². The molecule has 0 rings (SSSR count). The average molecular weight is 838 g/mol. The predicted molar refractivity (Wildman–Crippen MR) is 259 cm³/mol. The molecule has 0 radical (unpaired) electrons. The molecule has 0 spiro atoms. The van der Waals surface area contributed by atoms with Gasteiger partial charge in [-0.25, -0.2) is 0 Å². The second-order valence-corrected chi connectivity index (χ2v) is 16.8. The molecular formula is C54H95NO5. The fourth-order valence-corrected chi connectivity index (χ4v) is 7.28. The molecule has 60 heavy (non-hydrogen) atoms. The van der Waals surface area contributed by atoms with Gasteiger partial charge in [-0.1, -0.05) is 203 Å². The largest absolute Gasteiger partial charge is 0.462 e. The lowest BCUT2D eigenvalue weighted by atomic mass is 10.0. The zero-order valence-electron chi connectivity index (χ0n) is 39.3. The molecule has 6 nitrogen and oxygen atoms in total. The Bertz CT molecular complexity index is 1120. The molecule has 3 unspecified atom stereocenters. The van der Waals surface area contributed by atoms with Gasteiger partial charge in [-0.05, 0) is 89.9 Å². The Labute approximate surface area is 371 Å². The number of ether oxygens (including phenoxy) is 1. The van der Waals surface area contributed by atoms with Crippen LogP contribution in [-0.4, -0.2) is 46.9 Å². The molecule has 0 aromatic carbocycles. The number of rotatable bonds is 44. The van der Waals surface area contributed by atoms with E-state index in [1.165, 1.54) is 77.0 Å².